The SMILES string of the molecule is COC(=O)c1ccc([NH+]=O)cc1Br. The molecule has 0 radical (unpaired) electrons. The second-order valence-corrected chi connectivity index (χ2v) is 3.14. The molecule has 1 aromatic carbocycles. The van der Waals surface area contributed by atoms with Crippen molar-refractivity contribution in [1.29, 1.82) is 0 Å². The van der Waals surface area contributed by atoms with Crippen molar-refractivity contribution in [3.05, 3.63) is 33.1 Å². The van der Waals surface area contributed by atoms with E-state index in [0.717, 1.165) is 0 Å². The monoisotopic (exact) mass is 244 g/mol. The summed E-state index contributed by atoms with van der Waals surface area (Å²) in [4.78, 5) is 21.3. The van der Waals surface area contributed by atoms with Crippen molar-refractivity contribution < 1.29 is 14.7 Å². The van der Waals surface area contributed by atoms with Crippen LogP contribution in [0.3, 0.4) is 0 Å². The molecule has 0 saturated heterocycles. The second kappa shape index (κ2) is 4.13. The summed E-state index contributed by atoms with van der Waals surface area (Å²) in [5, 5.41) is 1.72. The van der Waals surface area contributed by atoms with Crippen LogP contribution in [0.5, 0.6) is 0 Å². The van der Waals surface area contributed by atoms with E-state index in [9.17, 15) is 9.70 Å². The zero-order valence-electron chi connectivity index (χ0n) is 6.83. The average molecular weight is 245 g/mol. The first-order valence-corrected chi connectivity index (χ1v) is 4.24. The molecule has 0 aromatic heterocycles. The number of ether oxygens (including phenoxy) is 1. The van der Waals surface area contributed by atoms with Gasteiger partial charge in [-0.2, -0.15) is 0 Å². The van der Waals surface area contributed by atoms with Crippen molar-refractivity contribution in [1.82, 2.24) is 0 Å². The molecule has 0 heterocycles. The van der Waals surface area contributed by atoms with Gasteiger partial charge in [0.25, 0.3) is 5.69 Å². The molecule has 13 heavy (non-hydrogen) atoms. The molecule has 1 N–H and O–H groups in total. The van der Waals surface area contributed by atoms with Gasteiger partial charge in [-0.1, -0.05) is 0 Å². The van der Waals surface area contributed by atoms with Crippen LogP contribution < -0.4 is 5.18 Å². The molecule has 0 aliphatic carbocycles. The maximum absolute atomic E-state index is 11.1. The summed E-state index contributed by atoms with van der Waals surface area (Å²) in [6, 6.07) is 4.53. The van der Waals surface area contributed by atoms with Gasteiger partial charge < -0.3 is 4.74 Å². The van der Waals surface area contributed by atoms with Gasteiger partial charge in [0.05, 0.1) is 12.7 Å². The van der Waals surface area contributed by atoms with Crippen LogP contribution >= 0.6 is 15.9 Å². The summed E-state index contributed by atoms with van der Waals surface area (Å²) >= 11 is 3.15. The lowest BCUT2D eigenvalue weighted by Gasteiger charge is -1.99. The van der Waals surface area contributed by atoms with E-state index in [1.165, 1.54) is 25.3 Å². The average Bonchev–Trinajstić information content (AvgIpc) is 2.16. The predicted octanol–water partition coefficient (Wildman–Crippen LogP) is 0.714. The van der Waals surface area contributed by atoms with Gasteiger partial charge in [0.2, 0.25) is 0 Å². The van der Waals surface area contributed by atoms with Crippen LogP contribution in [0.25, 0.3) is 0 Å². The lowest BCUT2D eigenvalue weighted by atomic mass is 10.2. The fourth-order valence-electron chi connectivity index (χ4n) is 0.854. The Morgan fingerprint density at radius 2 is 2.23 bits per heavy atom. The van der Waals surface area contributed by atoms with E-state index in [-0.39, 0.29) is 0 Å². The molecule has 1 aromatic rings. The molecule has 0 aliphatic heterocycles. The maximum atomic E-state index is 11.1. The molecule has 0 saturated carbocycles. The number of hydrogen-bond donors (Lipinski definition) is 1. The Bertz CT molecular complexity index is 351. The molecule has 0 unspecified atom stereocenters. The van der Waals surface area contributed by atoms with Gasteiger partial charge in [0, 0.05) is 26.7 Å². The van der Waals surface area contributed by atoms with Crippen molar-refractivity contribution in [2.24, 2.45) is 0 Å². The standard InChI is InChI=1S/C8H6BrNO3/c1-13-8(11)6-3-2-5(10-12)4-7(6)9/h2-4H,1H3/p+1. The Morgan fingerprint density at radius 3 is 2.69 bits per heavy atom. The smallest absolute Gasteiger partial charge is 0.339 e. The number of nitroso groups, excluding NO2 is 1. The summed E-state index contributed by atoms with van der Waals surface area (Å²) in [7, 11) is 1.30. The minimum absolute atomic E-state index is 0.388. The van der Waals surface area contributed by atoms with E-state index in [2.05, 4.69) is 20.7 Å². The highest BCUT2D eigenvalue weighted by molar-refractivity contribution is 9.10. The zero-order valence-corrected chi connectivity index (χ0v) is 8.42. The number of benzene rings is 1. The minimum Gasteiger partial charge on any atom is -0.465 e. The fraction of sp³-hybridized carbons (Fsp3) is 0.125. The molecule has 0 spiro atoms. The number of methoxy groups -OCH3 is 1. The van der Waals surface area contributed by atoms with Crippen molar-refractivity contribution in [3.8, 4) is 0 Å². The quantitative estimate of drug-likeness (QED) is 0.781. The summed E-state index contributed by atoms with van der Waals surface area (Å²) in [6.07, 6.45) is 0. The molecule has 0 amide bonds. The Hall–Kier alpha value is -1.23. The Morgan fingerprint density at radius 1 is 1.54 bits per heavy atom. The third-order valence-corrected chi connectivity index (χ3v) is 2.15. The largest absolute Gasteiger partial charge is 0.465 e. The van der Waals surface area contributed by atoms with Gasteiger partial charge in [-0.15, -0.1) is 0 Å². The van der Waals surface area contributed by atoms with Crippen LogP contribution in [0.2, 0.25) is 0 Å². The topological polar surface area (TPSA) is 57.3 Å². The van der Waals surface area contributed by atoms with Gasteiger partial charge in [-0.05, 0) is 22.0 Å². The lowest BCUT2D eigenvalue weighted by Crippen LogP contribution is -2.55. The van der Waals surface area contributed by atoms with Crippen molar-refractivity contribution in [2.45, 2.75) is 0 Å². The van der Waals surface area contributed by atoms with Crippen LogP contribution in [-0.4, -0.2) is 13.1 Å². The van der Waals surface area contributed by atoms with Gasteiger partial charge in [-0.25, -0.2) is 4.79 Å². The number of carbonyl (C=O) groups is 1. The van der Waals surface area contributed by atoms with E-state index in [0.29, 0.717) is 15.7 Å². The molecular formula is C8H7BrNO3+. The Balaban J connectivity index is 3.12. The molecule has 68 valence electrons. The third kappa shape index (κ3) is 2.12. The number of halogens is 1. The first-order valence-electron chi connectivity index (χ1n) is 3.45. The van der Waals surface area contributed by atoms with E-state index >= 15 is 0 Å². The van der Waals surface area contributed by atoms with Crippen LogP contribution in [0.4, 0.5) is 5.69 Å². The number of nitrogens with one attached hydrogen (secondary N) is 1. The molecule has 0 atom stereocenters. The number of hydrogen-bond acceptors (Lipinski definition) is 3. The number of esters is 1. The van der Waals surface area contributed by atoms with Crippen LogP contribution in [-0.2, 0) is 4.74 Å². The molecule has 4 nitrogen and oxygen atoms in total. The van der Waals surface area contributed by atoms with E-state index in [1.54, 1.807) is 5.18 Å². The van der Waals surface area contributed by atoms with Crippen molar-refractivity contribution >= 4 is 27.6 Å². The van der Waals surface area contributed by atoms with E-state index < -0.39 is 5.97 Å². The zero-order chi connectivity index (χ0) is 9.84. The molecule has 0 aliphatic rings. The molecule has 5 heteroatoms. The first kappa shape index (κ1) is 9.85. The fourth-order valence-corrected chi connectivity index (χ4v) is 1.39. The van der Waals surface area contributed by atoms with Gasteiger partial charge >= 0.3 is 5.97 Å². The first-order chi connectivity index (χ1) is 6.19. The highest BCUT2D eigenvalue weighted by atomic mass is 79.9. The summed E-state index contributed by atoms with van der Waals surface area (Å²) in [6.45, 7) is 0. The minimum atomic E-state index is -0.440. The van der Waals surface area contributed by atoms with Crippen LogP contribution in [0.15, 0.2) is 22.7 Å². The molecular weight excluding hydrogens is 238 g/mol. The van der Waals surface area contributed by atoms with Crippen molar-refractivity contribution in [2.75, 3.05) is 7.11 Å². The highest BCUT2D eigenvalue weighted by Crippen LogP contribution is 2.19. The lowest BCUT2D eigenvalue weighted by molar-refractivity contribution is -0.379. The summed E-state index contributed by atoms with van der Waals surface area (Å²) < 4.78 is 5.05. The normalized spacial score (nSPS) is 9.38. The van der Waals surface area contributed by atoms with Crippen molar-refractivity contribution in [3.63, 3.8) is 0 Å². The van der Waals surface area contributed by atoms with Crippen LogP contribution in [0.1, 0.15) is 10.4 Å². The number of rotatable bonds is 2. The summed E-state index contributed by atoms with van der Waals surface area (Å²) in [5.74, 6) is -0.440. The molecule has 0 bridgehead atoms. The maximum Gasteiger partial charge on any atom is 0.339 e. The van der Waals surface area contributed by atoms with Gasteiger partial charge in [0.1, 0.15) is 0 Å². The van der Waals surface area contributed by atoms with Gasteiger partial charge in [0.15, 0.2) is 0 Å². The predicted molar refractivity (Wildman–Crippen MR) is 49.5 cm³/mol. The summed E-state index contributed by atoms with van der Waals surface area (Å²) in [5.41, 5.74) is 0.779. The van der Waals surface area contributed by atoms with E-state index in [4.69, 9.17) is 0 Å². The number of carbonyl (C=O) groups excluding carboxylic acids is 1. The van der Waals surface area contributed by atoms with Crippen LogP contribution in [0, 0.1) is 4.91 Å². The highest BCUT2D eigenvalue weighted by Gasteiger charge is 2.12. The molecule has 0 fully saturated rings. The van der Waals surface area contributed by atoms with E-state index in [1.807, 2.05) is 0 Å². The Labute approximate surface area is 83.0 Å². The third-order valence-electron chi connectivity index (χ3n) is 1.49. The second-order valence-electron chi connectivity index (χ2n) is 2.29. The van der Waals surface area contributed by atoms with Gasteiger partial charge in [-0.3, -0.25) is 0 Å². The Kier molecular flexibility index (Phi) is 3.13. The molecule has 1 rings (SSSR count).